The lowest BCUT2D eigenvalue weighted by molar-refractivity contribution is -0.165. The largest absolute Gasteiger partial charge is 0.461 e. The normalized spacial score (nSPS) is 23.2. The molecule has 26 heavy (non-hydrogen) atoms. The van der Waals surface area contributed by atoms with Gasteiger partial charge in [0.05, 0.1) is 12.0 Å². The van der Waals surface area contributed by atoms with E-state index in [0.29, 0.717) is 5.92 Å². The van der Waals surface area contributed by atoms with E-state index in [4.69, 9.17) is 4.74 Å². The summed E-state index contributed by atoms with van der Waals surface area (Å²) in [5.41, 5.74) is 0.912. The monoisotopic (exact) mass is 358 g/mol. The summed E-state index contributed by atoms with van der Waals surface area (Å²) >= 11 is 0. The number of carbonyl (C=O) groups is 1. The molecule has 3 atom stereocenters. The molecule has 2 aliphatic rings. The minimum absolute atomic E-state index is 0.0209. The third kappa shape index (κ3) is 4.88. The van der Waals surface area contributed by atoms with E-state index in [9.17, 15) is 9.90 Å². The molecule has 3 rings (SSSR count). The van der Waals surface area contributed by atoms with E-state index in [1.54, 1.807) is 0 Å². The number of esters is 1. The zero-order chi connectivity index (χ0) is 18.4. The minimum Gasteiger partial charge on any atom is -0.461 e. The van der Waals surface area contributed by atoms with Crippen LogP contribution in [0.1, 0.15) is 82.8 Å². The van der Waals surface area contributed by atoms with Gasteiger partial charge in [0.15, 0.2) is 0 Å². The Bertz CT molecular complexity index is 544. The second kappa shape index (κ2) is 9.55. The number of rotatable bonds is 6. The minimum atomic E-state index is -0.595. The Morgan fingerprint density at radius 3 is 2.15 bits per heavy atom. The van der Waals surface area contributed by atoms with Crippen molar-refractivity contribution in [2.45, 2.75) is 83.3 Å². The molecule has 0 aliphatic heterocycles. The molecule has 0 radical (unpaired) electrons. The molecule has 0 saturated heterocycles. The number of aliphatic hydroxyl groups excluding tert-OH is 1. The van der Waals surface area contributed by atoms with Crippen molar-refractivity contribution in [3.8, 4) is 0 Å². The Kier molecular flexibility index (Phi) is 7.13. The highest BCUT2D eigenvalue weighted by Gasteiger charge is 2.37. The van der Waals surface area contributed by atoms with Crippen LogP contribution in [-0.2, 0) is 9.53 Å². The van der Waals surface area contributed by atoms with Gasteiger partial charge < -0.3 is 9.84 Å². The van der Waals surface area contributed by atoms with E-state index >= 15 is 0 Å². The molecular weight excluding hydrogens is 324 g/mol. The third-order valence-electron chi connectivity index (χ3n) is 6.46. The molecule has 1 N–H and O–H groups in total. The average molecular weight is 359 g/mol. The van der Waals surface area contributed by atoms with E-state index in [1.165, 1.54) is 25.7 Å². The van der Waals surface area contributed by atoms with Crippen LogP contribution in [0, 0.1) is 17.8 Å². The summed E-state index contributed by atoms with van der Waals surface area (Å²) in [6, 6.07) is 9.79. The molecule has 0 amide bonds. The van der Waals surface area contributed by atoms with Crippen LogP contribution in [0.5, 0.6) is 0 Å². The smallest absolute Gasteiger partial charge is 0.309 e. The fraction of sp³-hybridized carbons (Fsp3) is 0.696. The van der Waals surface area contributed by atoms with Gasteiger partial charge in [-0.15, -0.1) is 0 Å². The SMILES string of the molecule is C[C@@H]([C@@H](O)c1ccccc1)[C@@H](OC(=O)C1CCCCC1)C1CCCCC1. The van der Waals surface area contributed by atoms with Crippen molar-refractivity contribution in [1.82, 2.24) is 0 Å². The summed E-state index contributed by atoms with van der Waals surface area (Å²) in [6.07, 6.45) is 10.6. The maximum Gasteiger partial charge on any atom is 0.309 e. The van der Waals surface area contributed by atoms with Gasteiger partial charge in [0, 0.05) is 5.92 Å². The standard InChI is InChI=1S/C23H34O3/c1-17(21(24)18-11-5-2-6-12-18)22(19-13-7-3-8-14-19)26-23(25)20-15-9-4-10-16-20/h2,5-6,11-12,17,19-22,24H,3-4,7-10,13-16H2,1H3/t17-,21+,22+/m0/s1. The second-order valence-corrected chi connectivity index (χ2v) is 8.35. The highest BCUT2D eigenvalue weighted by molar-refractivity contribution is 5.72. The quantitative estimate of drug-likeness (QED) is 0.690. The molecule has 0 spiro atoms. The fourth-order valence-corrected chi connectivity index (χ4v) is 4.80. The second-order valence-electron chi connectivity index (χ2n) is 8.35. The summed E-state index contributed by atoms with van der Waals surface area (Å²) in [5.74, 6) is 0.334. The molecule has 1 aromatic carbocycles. The molecule has 2 saturated carbocycles. The molecule has 144 valence electrons. The zero-order valence-electron chi connectivity index (χ0n) is 16.1. The van der Waals surface area contributed by atoms with Gasteiger partial charge in [0.1, 0.15) is 6.10 Å². The van der Waals surface area contributed by atoms with Crippen molar-refractivity contribution in [1.29, 1.82) is 0 Å². The van der Waals surface area contributed by atoms with Crippen molar-refractivity contribution >= 4 is 5.97 Å². The Labute approximate surface area is 158 Å². The van der Waals surface area contributed by atoms with Gasteiger partial charge in [-0.25, -0.2) is 0 Å². The van der Waals surface area contributed by atoms with E-state index in [2.05, 4.69) is 0 Å². The van der Waals surface area contributed by atoms with Gasteiger partial charge in [0.25, 0.3) is 0 Å². The maximum atomic E-state index is 12.8. The van der Waals surface area contributed by atoms with Crippen molar-refractivity contribution in [2.75, 3.05) is 0 Å². The zero-order valence-corrected chi connectivity index (χ0v) is 16.1. The lowest BCUT2D eigenvalue weighted by Gasteiger charge is -2.37. The molecule has 1 aromatic rings. The number of ether oxygens (including phenoxy) is 1. The number of hydrogen-bond donors (Lipinski definition) is 1. The Balaban J connectivity index is 1.72. The molecule has 0 bridgehead atoms. The molecule has 3 heteroatoms. The van der Waals surface area contributed by atoms with Crippen molar-refractivity contribution in [2.24, 2.45) is 17.8 Å². The highest BCUT2D eigenvalue weighted by Crippen LogP contribution is 2.37. The lowest BCUT2D eigenvalue weighted by Crippen LogP contribution is -2.38. The van der Waals surface area contributed by atoms with Crippen LogP contribution in [-0.4, -0.2) is 17.2 Å². The molecule has 3 nitrogen and oxygen atoms in total. The van der Waals surface area contributed by atoms with Crippen molar-refractivity contribution in [3.05, 3.63) is 35.9 Å². The predicted molar refractivity (Wildman–Crippen MR) is 104 cm³/mol. The Hall–Kier alpha value is -1.35. The molecule has 2 aliphatic carbocycles. The summed E-state index contributed by atoms with van der Waals surface area (Å²) in [5, 5.41) is 10.9. The van der Waals surface area contributed by atoms with E-state index in [1.807, 2.05) is 37.3 Å². The molecule has 0 heterocycles. The fourth-order valence-electron chi connectivity index (χ4n) is 4.80. The van der Waals surface area contributed by atoms with Gasteiger partial charge in [0.2, 0.25) is 0 Å². The first kappa shape index (κ1) is 19.4. The Morgan fingerprint density at radius 1 is 0.962 bits per heavy atom. The summed E-state index contributed by atoms with van der Waals surface area (Å²) in [6.45, 7) is 2.05. The van der Waals surface area contributed by atoms with Gasteiger partial charge in [-0.3, -0.25) is 4.79 Å². The summed E-state index contributed by atoms with van der Waals surface area (Å²) < 4.78 is 6.13. The maximum absolute atomic E-state index is 12.8. The predicted octanol–water partition coefficient (Wildman–Crippen LogP) is 5.43. The number of benzene rings is 1. The molecule has 0 aromatic heterocycles. The summed E-state index contributed by atoms with van der Waals surface area (Å²) in [4.78, 5) is 12.8. The first-order chi connectivity index (χ1) is 12.7. The van der Waals surface area contributed by atoms with Crippen molar-refractivity contribution in [3.63, 3.8) is 0 Å². The molecular formula is C23H34O3. The summed E-state index contributed by atoms with van der Waals surface area (Å²) in [7, 11) is 0. The van der Waals surface area contributed by atoms with Gasteiger partial charge in [-0.05, 0) is 37.2 Å². The van der Waals surface area contributed by atoms with Crippen molar-refractivity contribution < 1.29 is 14.6 Å². The van der Waals surface area contributed by atoms with Crippen LogP contribution >= 0.6 is 0 Å². The van der Waals surface area contributed by atoms with E-state index < -0.39 is 6.10 Å². The van der Waals surface area contributed by atoms with Crippen LogP contribution in [0.15, 0.2) is 30.3 Å². The molecule has 2 fully saturated rings. The van der Waals surface area contributed by atoms with Gasteiger partial charge in [-0.2, -0.15) is 0 Å². The lowest BCUT2D eigenvalue weighted by atomic mass is 9.78. The van der Waals surface area contributed by atoms with Crippen LogP contribution in [0.4, 0.5) is 0 Å². The average Bonchev–Trinajstić information content (AvgIpc) is 2.72. The number of aliphatic hydroxyl groups is 1. The first-order valence-electron chi connectivity index (χ1n) is 10.6. The van der Waals surface area contributed by atoms with E-state index in [0.717, 1.165) is 44.1 Å². The Morgan fingerprint density at radius 2 is 1.54 bits per heavy atom. The first-order valence-corrected chi connectivity index (χ1v) is 10.6. The van der Waals surface area contributed by atoms with Crippen LogP contribution in [0.2, 0.25) is 0 Å². The van der Waals surface area contributed by atoms with Crippen LogP contribution in [0.3, 0.4) is 0 Å². The number of hydrogen-bond acceptors (Lipinski definition) is 3. The van der Waals surface area contributed by atoms with Gasteiger partial charge >= 0.3 is 5.97 Å². The van der Waals surface area contributed by atoms with Crippen LogP contribution in [0.25, 0.3) is 0 Å². The molecule has 0 unspecified atom stereocenters. The van der Waals surface area contributed by atoms with Crippen LogP contribution < -0.4 is 0 Å². The number of carbonyl (C=O) groups excluding carboxylic acids is 1. The third-order valence-corrected chi connectivity index (χ3v) is 6.46. The topological polar surface area (TPSA) is 46.5 Å². The highest BCUT2D eigenvalue weighted by atomic mass is 16.5. The van der Waals surface area contributed by atoms with E-state index in [-0.39, 0.29) is 23.9 Å². The van der Waals surface area contributed by atoms with Gasteiger partial charge in [-0.1, -0.05) is 75.8 Å².